The highest BCUT2D eigenvalue weighted by Crippen LogP contribution is 2.19. The first-order chi connectivity index (χ1) is 9.19. The van der Waals surface area contributed by atoms with Crippen LogP contribution in [0.25, 0.3) is 0 Å². The Labute approximate surface area is 125 Å². The number of nitrogens with one attached hydrogen (secondary N) is 2. The largest absolute Gasteiger partial charge is 0.478 e. The van der Waals surface area contributed by atoms with E-state index in [0.717, 1.165) is 0 Å². The molecule has 0 aliphatic rings. The predicted molar refractivity (Wildman–Crippen MR) is 73.7 cm³/mol. The molecule has 9 heteroatoms. The fourth-order valence-corrected chi connectivity index (χ4v) is 1.81. The second kappa shape index (κ2) is 6.88. The van der Waals surface area contributed by atoms with Crippen molar-refractivity contribution in [3.05, 3.63) is 27.3 Å². The molecule has 0 saturated heterocycles. The van der Waals surface area contributed by atoms with E-state index in [1.165, 1.54) is 12.1 Å². The topological polar surface area (TPSA) is 78.4 Å². The lowest BCUT2D eigenvalue weighted by Crippen LogP contribution is -2.35. The van der Waals surface area contributed by atoms with Crippen LogP contribution >= 0.6 is 22.6 Å². The molecule has 0 spiro atoms. The van der Waals surface area contributed by atoms with Crippen molar-refractivity contribution in [2.24, 2.45) is 0 Å². The van der Waals surface area contributed by atoms with Crippen LogP contribution in [-0.4, -0.2) is 36.2 Å². The Morgan fingerprint density at radius 3 is 2.50 bits per heavy atom. The Morgan fingerprint density at radius 2 is 1.95 bits per heavy atom. The van der Waals surface area contributed by atoms with Gasteiger partial charge in [-0.15, -0.1) is 0 Å². The van der Waals surface area contributed by atoms with Crippen LogP contribution in [0.15, 0.2) is 18.2 Å². The fraction of sp³-hybridized carbons (Fsp3) is 0.273. The molecule has 3 N–H and O–H groups in total. The highest BCUT2D eigenvalue weighted by molar-refractivity contribution is 14.1. The summed E-state index contributed by atoms with van der Waals surface area (Å²) < 4.78 is 36.3. The van der Waals surface area contributed by atoms with Gasteiger partial charge in [-0.3, -0.25) is 4.79 Å². The van der Waals surface area contributed by atoms with Gasteiger partial charge in [-0.1, -0.05) is 0 Å². The third-order valence-electron chi connectivity index (χ3n) is 2.10. The number of amides is 1. The van der Waals surface area contributed by atoms with E-state index < -0.39 is 31.1 Å². The number of hydrogen-bond donors (Lipinski definition) is 3. The van der Waals surface area contributed by atoms with Gasteiger partial charge in [0.2, 0.25) is 5.91 Å². The number of anilines is 1. The van der Waals surface area contributed by atoms with E-state index in [4.69, 9.17) is 5.11 Å². The van der Waals surface area contributed by atoms with Gasteiger partial charge in [0.15, 0.2) is 0 Å². The number of aromatic carboxylic acids is 1. The molecule has 110 valence electrons. The number of hydrogen-bond acceptors (Lipinski definition) is 3. The lowest BCUT2D eigenvalue weighted by Gasteiger charge is -2.10. The van der Waals surface area contributed by atoms with E-state index >= 15 is 0 Å². The second-order valence-corrected chi connectivity index (χ2v) is 5.01. The van der Waals surface area contributed by atoms with Crippen molar-refractivity contribution in [1.82, 2.24) is 5.32 Å². The highest BCUT2D eigenvalue weighted by atomic mass is 127. The van der Waals surface area contributed by atoms with Crippen molar-refractivity contribution < 1.29 is 27.9 Å². The van der Waals surface area contributed by atoms with E-state index in [2.05, 4.69) is 5.32 Å². The van der Waals surface area contributed by atoms with Crippen LogP contribution in [0.4, 0.5) is 18.9 Å². The summed E-state index contributed by atoms with van der Waals surface area (Å²) in [7, 11) is 0. The molecule has 0 aliphatic heterocycles. The van der Waals surface area contributed by atoms with E-state index in [-0.39, 0.29) is 11.3 Å². The van der Waals surface area contributed by atoms with Crippen molar-refractivity contribution in [3.63, 3.8) is 0 Å². The molecule has 0 radical (unpaired) electrons. The van der Waals surface area contributed by atoms with Crippen molar-refractivity contribution in [2.45, 2.75) is 6.18 Å². The van der Waals surface area contributed by atoms with Crippen LogP contribution in [0.2, 0.25) is 0 Å². The van der Waals surface area contributed by atoms with Crippen LogP contribution in [0.1, 0.15) is 10.4 Å². The quantitative estimate of drug-likeness (QED) is 0.660. The maximum atomic E-state index is 11.9. The minimum absolute atomic E-state index is 0.0386. The first kappa shape index (κ1) is 16.7. The summed E-state index contributed by atoms with van der Waals surface area (Å²) in [6, 6.07) is 4.31. The average Bonchev–Trinajstić information content (AvgIpc) is 2.29. The molecule has 1 amide bonds. The molecule has 0 aromatic heterocycles. The van der Waals surface area contributed by atoms with Crippen molar-refractivity contribution in [2.75, 3.05) is 18.4 Å². The second-order valence-electron chi connectivity index (χ2n) is 3.76. The lowest BCUT2D eigenvalue weighted by atomic mass is 10.2. The molecule has 1 aromatic carbocycles. The number of carboxylic acids is 1. The van der Waals surface area contributed by atoms with Crippen LogP contribution in [-0.2, 0) is 4.79 Å². The zero-order valence-electron chi connectivity index (χ0n) is 9.92. The Balaban J connectivity index is 2.64. The van der Waals surface area contributed by atoms with Gasteiger partial charge >= 0.3 is 12.1 Å². The number of carbonyl (C=O) groups is 2. The Bertz CT molecular complexity index is 520. The molecule has 1 aromatic rings. The Morgan fingerprint density at radius 1 is 1.30 bits per heavy atom. The van der Waals surface area contributed by atoms with Gasteiger partial charge in [0.1, 0.15) is 0 Å². The van der Waals surface area contributed by atoms with Gasteiger partial charge < -0.3 is 15.7 Å². The zero-order valence-corrected chi connectivity index (χ0v) is 12.1. The summed E-state index contributed by atoms with van der Waals surface area (Å²) >= 11 is 1.91. The number of carboxylic acid groups (broad SMARTS) is 1. The molecule has 5 nitrogen and oxygen atoms in total. The summed E-state index contributed by atoms with van der Waals surface area (Å²) in [5.74, 6) is -1.99. The third kappa shape index (κ3) is 5.74. The molecule has 0 aliphatic carbocycles. The molecule has 0 fully saturated rings. The van der Waals surface area contributed by atoms with E-state index in [1.54, 1.807) is 6.07 Å². The first-order valence-electron chi connectivity index (χ1n) is 5.29. The maximum Gasteiger partial charge on any atom is 0.401 e. The molecule has 0 unspecified atom stereocenters. The number of halogens is 4. The van der Waals surface area contributed by atoms with Crippen LogP contribution in [0.5, 0.6) is 0 Å². The molecule has 1 rings (SSSR count). The van der Waals surface area contributed by atoms with Gasteiger partial charge in [-0.05, 0) is 40.8 Å². The van der Waals surface area contributed by atoms with Gasteiger partial charge in [-0.25, -0.2) is 4.79 Å². The maximum absolute atomic E-state index is 11.9. The number of carbonyl (C=O) groups excluding carboxylic acids is 1. The predicted octanol–water partition coefficient (Wildman–Crippen LogP) is 2.08. The third-order valence-corrected chi connectivity index (χ3v) is 2.77. The summed E-state index contributed by atoms with van der Waals surface area (Å²) in [5, 5.41) is 13.1. The Hall–Kier alpha value is -1.36. The highest BCUT2D eigenvalue weighted by Gasteiger charge is 2.26. The standard InChI is InChI=1S/C11H10F3IN2O3/c12-11(13,14)5-16-4-9(18)17-8-2-1-6(15)3-7(8)10(19)20/h1-3,16H,4-5H2,(H,17,18)(H,19,20). The number of alkyl halides is 3. The summed E-state index contributed by atoms with van der Waals surface area (Å²) in [4.78, 5) is 22.4. The lowest BCUT2D eigenvalue weighted by molar-refractivity contribution is -0.126. The summed E-state index contributed by atoms with van der Waals surface area (Å²) in [6.07, 6.45) is -4.41. The number of rotatable bonds is 5. The SMILES string of the molecule is O=C(CNCC(F)(F)F)Nc1ccc(I)cc1C(=O)O. The van der Waals surface area contributed by atoms with Crippen molar-refractivity contribution >= 4 is 40.2 Å². The van der Waals surface area contributed by atoms with Crippen LogP contribution in [0.3, 0.4) is 0 Å². The first-order valence-corrected chi connectivity index (χ1v) is 6.37. The Kier molecular flexibility index (Phi) is 5.74. The van der Waals surface area contributed by atoms with Crippen LogP contribution in [0, 0.1) is 3.57 Å². The molecule has 0 heterocycles. The minimum Gasteiger partial charge on any atom is -0.478 e. The van der Waals surface area contributed by atoms with E-state index in [0.29, 0.717) is 3.57 Å². The average molecular weight is 402 g/mol. The van der Waals surface area contributed by atoms with Gasteiger partial charge in [0.25, 0.3) is 0 Å². The fourth-order valence-electron chi connectivity index (χ4n) is 1.31. The molecular weight excluding hydrogens is 392 g/mol. The van der Waals surface area contributed by atoms with E-state index in [9.17, 15) is 22.8 Å². The molecule has 0 bridgehead atoms. The monoisotopic (exact) mass is 402 g/mol. The van der Waals surface area contributed by atoms with Crippen LogP contribution < -0.4 is 10.6 Å². The van der Waals surface area contributed by atoms with E-state index in [1.807, 2.05) is 27.9 Å². The summed E-state index contributed by atoms with van der Waals surface area (Å²) in [6.45, 7) is -1.86. The smallest absolute Gasteiger partial charge is 0.401 e. The minimum atomic E-state index is -4.41. The van der Waals surface area contributed by atoms with Gasteiger partial charge in [-0.2, -0.15) is 13.2 Å². The van der Waals surface area contributed by atoms with Gasteiger partial charge in [0.05, 0.1) is 24.3 Å². The molecular formula is C11H10F3IN2O3. The zero-order chi connectivity index (χ0) is 15.3. The summed E-state index contributed by atoms with van der Waals surface area (Å²) in [5.41, 5.74) is -0.0854. The number of benzene rings is 1. The van der Waals surface area contributed by atoms with Gasteiger partial charge in [0, 0.05) is 3.57 Å². The van der Waals surface area contributed by atoms with Crippen molar-refractivity contribution in [1.29, 1.82) is 0 Å². The van der Waals surface area contributed by atoms with Crippen molar-refractivity contribution in [3.8, 4) is 0 Å². The normalized spacial score (nSPS) is 11.2. The molecule has 0 saturated carbocycles. The molecule has 0 atom stereocenters. The molecule has 20 heavy (non-hydrogen) atoms.